The zero-order chi connectivity index (χ0) is 20.1. The van der Waals surface area contributed by atoms with Gasteiger partial charge in [0, 0.05) is 31.5 Å². The number of halogens is 2. The van der Waals surface area contributed by atoms with Crippen LogP contribution in [-0.2, 0) is 17.8 Å². The minimum Gasteiger partial charge on any atom is -0.375 e. The smallest absolute Gasteiger partial charge is 0.229 e. The Kier molecular flexibility index (Phi) is 6.03. The molecule has 3 aromatic rings. The van der Waals surface area contributed by atoms with Crippen molar-refractivity contribution in [1.29, 1.82) is 0 Å². The second-order valence-corrected chi connectivity index (χ2v) is 6.55. The van der Waals surface area contributed by atoms with Gasteiger partial charge in [-0.2, -0.15) is 5.10 Å². The number of carbonyl (C=O) groups is 1. The maximum atomic E-state index is 13.3. The molecule has 0 aliphatic heterocycles. The predicted molar refractivity (Wildman–Crippen MR) is 105 cm³/mol. The highest BCUT2D eigenvalue weighted by atomic mass is 19.2. The largest absolute Gasteiger partial charge is 0.375 e. The van der Waals surface area contributed by atoms with E-state index >= 15 is 0 Å². The Labute approximate surface area is 162 Å². The van der Waals surface area contributed by atoms with Crippen LogP contribution in [-0.4, -0.2) is 29.3 Å². The molecule has 0 saturated heterocycles. The number of benzene rings is 2. The fourth-order valence-corrected chi connectivity index (χ4v) is 2.76. The zero-order valence-electron chi connectivity index (χ0n) is 15.8. The number of hydrogen-bond acceptors (Lipinski definition) is 3. The number of carbonyl (C=O) groups excluding carboxylic acids is 1. The number of nitrogens with one attached hydrogen (secondary N) is 1. The van der Waals surface area contributed by atoms with Crippen molar-refractivity contribution in [2.75, 3.05) is 23.8 Å². The lowest BCUT2D eigenvalue weighted by atomic mass is 10.1. The molecular weight excluding hydrogens is 362 g/mol. The average molecular weight is 384 g/mol. The molecule has 0 unspecified atom stereocenters. The molecule has 1 N–H and O–H groups in total. The van der Waals surface area contributed by atoms with Gasteiger partial charge >= 0.3 is 0 Å². The maximum Gasteiger partial charge on any atom is 0.229 e. The Morgan fingerprint density at radius 1 is 1.07 bits per heavy atom. The summed E-state index contributed by atoms with van der Waals surface area (Å²) in [6, 6.07) is 13.2. The first-order chi connectivity index (χ1) is 13.4. The predicted octanol–water partition coefficient (Wildman–Crippen LogP) is 3.85. The van der Waals surface area contributed by atoms with Gasteiger partial charge < -0.3 is 10.2 Å². The minimum atomic E-state index is -0.894. The summed E-state index contributed by atoms with van der Waals surface area (Å²) in [6.45, 7) is 3.26. The third-order valence-electron chi connectivity index (χ3n) is 4.45. The number of nitrogens with zero attached hydrogens (tertiary/aromatic N) is 3. The lowest BCUT2D eigenvalue weighted by molar-refractivity contribution is -0.115. The van der Waals surface area contributed by atoms with Crippen LogP contribution in [0.2, 0.25) is 0 Å². The van der Waals surface area contributed by atoms with Gasteiger partial charge in [-0.15, -0.1) is 0 Å². The Morgan fingerprint density at radius 3 is 2.46 bits per heavy atom. The van der Waals surface area contributed by atoms with Crippen molar-refractivity contribution in [3.8, 4) is 0 Å². The molecule has 1 aromatic heterocycles. The molecule has 7 heteroatoms. The van der Waals surface area contributed by atoms with Crippen LogP contribution in [0.3, 0.4) is 0 Å². The average Bonchev–Trinajstić information content (AvgIpc) is 3.11. The highest BCUT2D eigenvalue weighted by molar-refractivity contribution is 5.91. The van der Waals surface area contributed by atoms with Gasteiger partial charge in [0.1, 0.15) is 0 Å². The fraction of sp³-hybridized carbons (Fsp3) is 0.238. The standard InChI is InChI=1S/C21H22F2N4O/c1-3-26(2)17-7-4-15(5-8-17)13-21(28)24-20-10-11-27(25-20)14-16-6-9-18(22)19(23)12-16/h4-12H,3,13-14H2,1-2H3,(H,24,25,28). The summed E-state index contributed by atoms with van der Waals surface area (Å²) in [5.41, 5.74) is 2.59. The van der Waals surface area contributed by atoms with E-state index in [-0.39, 0.29) is 18.9 Å². The first kappa shape index (κ1) is 19.5. The lowest BCUT2D eigenvalue weighted by Gasteiger charge is -2.16. The van der Waals surface area contributed by atoms with Crippen LogP contribution in [0.1, 0.15) is 18.1 Å². The molecule has 1 amide bonds. The van der Waals surface area contributed by atoms with Gasteiger partial charge in [0.25, 0.3) is 0 Å². The van der Waals surface area contributed by atoms with E-state index in [1.807, 2.05) is 31.3 Å². The van der Waals surface area contributed by atoms with Gasteiger partial charge in [-0.3, -0.25) is 9.48 Å². The molecule has 0 aliphatic rings. The van der Waals surface area contributed by atoms with E-state index in [4.69, 9.17) is 0 Å². The van der Waals surface area contributed by atoms with Crippen LogP contribution >= 0.6 is 0 Å². The molecular formula is C21H22F2N4O. The third kappa shape index (κ3) is 4.94. The van der Waals surface area contributed by atoms with E-state index in [1.54, 1.807) is 16.9 Å². The maximum absolute atomic E-state index is 13.3. The van der Waals surface area contributed by atoms with Gasteiger partial charge in [-0.1, -0.05) is 18.2 Å². The molecule has 5 nitrogen and oxygen atoms in total. The van der Waals surface area contributed by atoms with E-state index in [9.17, 15) is 13.6 Å². The Morgan fingerprint density at radius 2 is 1.79 bits per heavy atom. The first-order valence-corrected chi connectivity index (χ1v) is 9.02. The quantitative estimate of drug-likeness (QED) is 0.673. The van der Waals surface area contributed by atoms with Gasteiger partial charge in [0.05, 0.1) is 13.0 Å². The molecule has 2 aromatic carbocycles. The van der Waals surface area contributed by atoms with Crippen molar-refractivity contribution in [2.45, 2.75) is 19.9 Å². The SMILES string of the molecule is CCN(C)c1ccc(CC(=O)Nc2ccn(Cc3ccc(F)c(F)c3)n2)cc1. The second kappa shape index (κ2) is 8.65. The Balaban J connectivity index is 1.57. The van der Waals surface area contributed by atoms with Gasteiger partial charge in [-0.05, 0) is 42.3 Å². The molecule has 0 atom stereocenters. The van der Waals surface area contributed by atoms with Crippen LogP contribution in [0.4, 0.5) is 20.3 Å². The lowest BCUT2D eigenvalue weighted by Crippen LogP contribution is -2.17. The van der Waals surface area contributed by atoms with Crippen molar-refractivity contribution >= 4 is 17.4 Å². The summed E-state index contributed by atoms with van der Waals surface area (Å²) < 4.78 is 27.8. The number of aromatic nitrogens is 2. The van der Waals surface area contributed by atoms with Gasteiger partial charge in [0.2, 0.25) is 5.91 Å². The Bertz CT molecular complexity index is 953. The van der Waals surface area contributed by atoms with Crippen LogP contribution in [0.5, 0.6) is 0 Å². The van der Waals surface area contributed by atoms with Crippen molar-refractivity contribution < 1.29 is 13.6 Å². The molecule has 146 valence electrons. The summed E-state index contributed by atoms with van der Waals surface area (Å²) in [6.07, 6.45) is 1.92. The molecule has 0 aliphatic carbocycles. The molecule has 28 heavy (non-hydrogen) atoms. The molecule has 0 fully saturated rings. The third-order valence-corrected chi connectivity index (χ3v) is 4.45. The monoisotopic (exact) mass is 384 g/mol. The molecule has 0 spiro atoms. The Hall–Kier alpha value is -3.22. The zero-order valence-corrected chi connectivity index (χ0v) is 15.8. The molecule has 3 rings (SSSR count). The first-order valence-electron chi connectivity index (χ1n) is 9.02. The van der Waals surface area contributed by atoms with Crippen LogP contribution in [0.25, 0.3) is 0 Å². The van der Waals surface area contributed by atoms with E-state index in [0.29, 0.717) is 11.4 Å². The number of anilines is 2. The highest BCUT2D eigenvalue weighted by Crippen LogP contribution is 2.15. The fourth-order valence-electron chi connectivity index (χ4n) is 2.76. The van der Waals surface area contributed by atoms with Crippen LogP contribution < -0.4 is 10.2 Å². The molecule has 0 bridgehead atoms. The summed E-state index contributed by atoms with van der Waals surface area (Å²) in [5.74, 6) is -1.54. The van der Waals surface area contributed by atoms with Crippen molar-refractivity contribution in [1.82, 2.24) is 9.78 Å². The summed E-state index contributed by atoms with van der Waals surface area (Å²) >= 11 is 0. The van der Waals surface area contributed by atoms with Crippen molar-refractivity contribution in [3.63, 3.8) is 0 Å². The van der Waals surface area contributed by atoms with Crippen LogP contribution in [0.15, 0.2) is 54.7 Å². The highest BCUT2D eigenvalue weighted by Gasteiger charge is 2.08. The topological polar surface area (TPSA) is 50.2 Å². The normalized spacial score (nSPS) is 10.7. The summed E-state index contributed by atoms with van der Waals surface area (Å²) in [4.78, 5) is 14.4. The minimum absolute atomic E-state index is 0.172. The molecule has 0 saturated carbocycles. The number of rotatable bonds is 7. The second-order valence-electron chi connectivity index (χ2n) is 6.55. The van der Waals surface area contributed by atoms with E-state index < -0.39 is 11.6 Å². The van der Waals surface area contributed by atoms with E-state index in [2.05, 4.69) is 22.2 Å². The van der Waals surface area contributed by atoms with Crippen LogP contribution in [0, 0.1) is 11.6 Å². The van der Waals surface area contributed by atoms with E-state index in [1.165, 1.54) is 6.07 Å². The molecule has 0 radical (unpaired) electrons. The summed E-state index contributed by atoms with van der Waals surface area (Å²) in [7, 11) is 2.01. The van der Waals surface area contributed by atoms with Crippen molar-refractivity contribution in [3.05, 3.63) is 77.5 Å². The summed E-state index contributed by atoms with van der Waals surface area (Å²) in [5, 5.41) is 7.00. The number of hydrogen-bond donors (Lipinski definition) is 1. The van der Waals surface area contributed by atoms with Gasteiger partial charge in [0.15, 0.2) is 17.5 Å². The van der Waals surface area contributed by atoms with E-state index in [0.717, 1.165) is 29.9 Å². The number of amides is 1. The van der Waals surface area contributed by atoms with Crippen molar-refractivity contribution in [2.24, 2.45) is 0 Å². The van der Waals surface area contributed by atoms with Gasteiger partial charge in [-0.25, -0.2) is 8.78 Å². The molecule has 1 heterocycles.